The number of piperazine rings is 1. The first-order valence-electron chi connectivity index (χ1n) is 11.0. The van der Waals surface area contributed by atoms with E-state index in [4.69, 9.17) is 16.3 Å². The Morgan fingerprint density at radius 2 is 1.79 bits per heavy atom. The quantitative estimate of drug-likeness (QED) is 0.656. The molecule has 33 heavy (non-hydrogen) atoms. The number of esters is 1. The van der Waals surface area contributed by atoms with E-state index in [1.165, 1.54) is 12.7 Å². The number of nitrogens with zero attached hydrogens (tertiary/aromatic N) is 2. The van der Waals surface area contributed by atoms with Crippen molar-refractivity contribution in [3.8, 4) is 0 Å². The molecule has 2 aliphatic heterocycles. The Balaban J connectivity index is 1.54. The second-order valence-electron chi connectivity index (χ2n) is 8.52. The van der Waals surface area contributed by atoms with Crippen molar-refractivity contribution >= 4 is 29.3 Å². The average molecular weight is 469 g/mol. The van der Waals surface area contributed by atoms with Crippen molar-refractivity contribution in [1.29, 1.82) is 0 Å². The molecule has 0 aromatic heterocycles. The fourth-order valence-corrected chi connectivity index (χ4v) is 4.56. The molecule has 7 nitrogen and oxygen atoms in total. The Labute approximate surface area is 199 Å². The Morgan fingerprint density at radius 1 is 1.09 bits per heavy atom. The Hall–Kier alpha value is -3.03. The summed E-state index contributed by atoms with van der Waals surface area (Å²) >= 11 is 6.21. The van der Waals surface area contributed by atoms with E-state index in [9.17, 15) is 9.59 Å². The van der Waals surface area contributed by atoms with Gasteiger partial charge >= 0.3 is 12.0 Å². The van der Waals surface area contributed by atoms with Crippen LogP contribution in [0.2, 0.25) is 5.02 Å². The number of carbonyl (C=O) groups excluding carboxylic acids is 2. The van der Waals surface area contributed by atoms with Gasteiger partial charge in [-0.15, -0.1) is 0 Å². The lowest BCUT2D eigenvalue weighted by Gasteiger charge is -2.38. The van der Waals surface area contributed by atoms with Crippen molar-refractivity contribution in [3.05, 3.63) is 75.4 Å². The van der Waals surface area contributed by atoms with E-state index < -0.39 is 12.0 Å². The van der Waals surface area contributed by atoms with Gasteiger partial charge in [-0.05, 0) is 37.1 Å². The Kier molecular flexibility index (Phi) is 6.91. The third-order valence-electron chi connectivity index (χ3n) is 6.24. The van der Waals surface area contributed by atoms with E-state index in [0.29, 0.717) is 17.8 Å². The predicted molar refractivity (Wildman–Crippen MR) is 129 cm³/mol. The second kappa shape index (κ2) is 9.85. The number of urea groups is 1. The number of nitrogens with one attached hydrogen (secondary N) is 2. The van der Waals surface area contributed by atoms with Crippen LogP contribution < -0.4 is 15.5 Å². The molecule has 1 saturated heterocycles. The number of halogens is 1. The van der Waals surface area contributed by atoms with E-state index in [1.54, 1.807) is 0 Å². The molecule has 1 atom stereocenters. The van der Waals surface area contributed by atoms with Gasteiger partial charge in [0.2, 0.25) is 0 Å². The van der Waals surface area contributed by atoms with Gasteiger partial charge in [0.05, 0.1) is 18.7 Å². The molecule has 0 aliphatic carbocycles. The number of benzene rings is 2. The minimum Gasteiger partial charge on any atom is -0.466 e. The minimum atomic E-state index is -0.558. The molecule has 4 rings (SSSR count). The summed E-state index contributed by atoms with van der Waals surface area (Å²) in [6, 6.07) is 12.9. The van der Waals surface area contributed by atoms with E-state index >= 15 is 0 Å². The second-order valence-corrected chi connectivity index (χ2v) is 8.96. The summed E-state index contributed by atoms with van der Waals surface area (Å²) in [5.74, 6) is -0.448. The van der Waals surface area contributed by atoms with Crippen LogP contribution in [0.4, 0.5) is 10.5 Å². The zero-order valence-electron chi connectivity index (χ0n) is 19.2. The van der Waals surface area contributed by atoms with Gasteiger partial charge in [-0.3, -0.25) is 4.90 Å². The van der Waals surface area contributed by atoms with Gasteiger partial charge in [-0.2, -0.15) is 0 Å². The molecular weight excluding hydrogens is 440 g/mol. The molecule has 1 fully saturated rings. The van der Waals surface area contributed by atoms with Gasteiger partial charge in [-0.25, -0.2) is 9.59 Å². The molecule has 2 amide bonds. The van der Waals surface area contributed by atoms with Crippen molar-refractivity contribution in [2.75, 3.05) is 44.7 Å². The molecule has 0 unspecified atom stereocenters. The van der Waals surface area contributed by atoms with Crippen LogP contribution in [0.3, 0.4) is 0 Å². The van der Waals surface area contributed by atoms with Crippen molar-refractivity contribution in [2.45, 2.75) is 19.9 Å². The number of methoxy groups -OCH3 is 1. The number of aryl methyl sites for hydroxylation is 2. The zero-order chi connectivity index (χ0) is 23.5. The highest BCUT2D eigenvalue weighted by molar-refractivity contribution is 6.30. The van der Waals surface area contributed by atoms with Crippen LogP contribution in [0, 0.1) is 13.8 Å². The number of carbonyl (C=O) groups is 2. The topological polar surface area (TPSA) is 73.9 Å². The van der Waals surface area contributed by atoms with Crippen LogP contribution in [0.5, 0.6) is 0 Å². The van der Waals surface area contributed by atoms with Crippen molar-refractivity contribution in [3.63, 3.8) is 0 Å². The van der Waals surface area contributed by atoms with E-state index in [1.807, 2.05) is 49.4 Å². The summed E-state index contributed by atoms with van der Waals surface area (Å²) in [5, 5.41) is 6.46. The number of ether oxygens (including phenoxy) is 1. The smallest absolute Gasteiger partial charge is 0.338 e. The molecule has 2 N–H and O–H groups in total. The van der Waals surface area contributed by atoms with Crippen LogP contribution in [-0.2, 0) is 9.53 Å². The molecule has 2 aromatic rings. The first-order chi connectivity index (χ1) is 15.9. The Morgan fingerprint density at radius 3 is 2.45 bits per heavy atom. The van der Waals surface area contributed by atoms with Crippen molar-refractivity contribution in [2.24, 2.45) is 0 Å². The van der Waals surface area contributed by atoms with E-state index in [2.05, 4.69) is 27.4 Å². The zero-order valence-corrected chi connectivity index (χ0v) is 19.9. The number of anilines is 1. The molecule has 2 heterocycles. The number of rotatable bonds is 5. The van der Waals surface area contributed by atoms with Gasteiger partial charge in [0.15, 0.2) is 0 Å². The molecule has 174 valence electrons. The molecule has 0 radical (unpaired) electrons. The SMILES string of the molecule is COC(=O)C1=C(CN2CCN(c3cc(Cl)ccc3C)CC2)NC(=O)N[C@@H]1c1ccc(C)cc1. The normalized spacial score (nSPS) is 19.2. The standard InChI is InChI=1S/C25H29ClN4O3/c1-16-4-7-18(8-5-16)23-22(24(31)33-3)20(27-25(32)28-23)15-29-10-12-30(13-11-29)21-14-19(26)9-6-17(21)2/h4-9,14,23H,10-13,15H2,1-3H3,(H2,27,28,32)/t23-/m1/s1. The fraction of sp³-hybridized carbons (Fsp3) is 0.360. The summed E-state index contributed by atoms with van der Waals surface area (Å²) < 4.78 is 5.09. The highest BCUT2D eigenvalue weighted by atomic mass is 35.5. The van der Waals surface area contributed by atoms with Crippen LogP contribution in [0.25, 0.3) is 0 Å². The fourth-order valence-electron chi connectivity index (χ4n) is 4.40. The maximum atomic E-state index is 12.8. The highest BCUT2D eigenvalue weighted by Crippen LogP contribution is 2.29. The lowest BCUT2D eigenvalue weighted by molar-refractivity contribution is -0.136. The van der Waals surface area contributed by atoms with Crippen LogP contribution in [-0.4, -0.2) is 56.7 Å². The summed E-state index contributed by atoms with van der Waals surface area (Å²) in [7, 11) is 1.36. The lowest BCUT2D eigenvalue weighted by atomic mass is 9.94. The third kappa shape index (κ3) is 5.15. The first-order valence-corrected chi connectivity index (χ1v) is 11.4. The minimum absolute atomic E-state index is 0.323. The molecular formula is C25H29ClN4O3. The van der Waals surface area contributed by atoms with Crippen molar-refractivity contribution < 1.29 is 14.3 Å². The van der Waals surface area contributed by atoms with Crippen LogP contribution in [0.15, 0.2) is 53.7 Å². The first kappa shape index (κ1) is 23.1. The molecule has 8 heteroatoms. The summed E-state index contributed by atoms with van der Waals surface area (Å²) in [6.45, 7) is 7.79. The van der Waals surface area contributed by atoms with Gasteiger partial charge in [-0.1, -0.05) is 47.5 Å². The maximum Gasteiger partial charge on any atom is 0.338 e. The molecule has 2 aliphatic rings. The summed E-state index contributed by atoms with van der Waals surface area (Å²) in [5.41, 5.74) is 5.31. The van der Waals surface area contributed by atoms with Gasteiger partial charge in [0.25, 0.3) is 0 Å². The van der Waals surface area contributed by atoms with Crippen LogP contribution in [0.1, 0.15) is 22.7 Å². The number of amides is 2. The molecule has 0 saturated carbocycles. The molecule has 0 spiro atoms. The lowest BCUT2D eigenvalue weighted by Crippen LogP contribution is -2.51. The average Bonchev–Trinajstić information content (AvgIpc) is 2.81. The van der Waals surface area contributed by atoms with Crippen LogP contribution >= 0.6 is 11.6 Å². The van der Waals surface area contributed by atoms with E-state index in [0.717, 1.165) is 48.0 Å². The highest BCUT2D eigenvalue weighted by Gasteiger charge is 2.34. The number of hydrogen-bond acceptors (Lipinski definition) is 5. The summed E-state index contributed by atoms with van der Waals surface area (Å²) in [4.78, 5) is 29.8. The largest absolute Gasteiger partial charge is 0.466 e. The van der Waals surface area contributed by atoms with Gasteiger partial charge in [0, 0.05) is 49.1 Å². The van der Waals surface area contributed by atoms with Crippen molar-refractivity contribution in [1.82, 2.24) is 15.5 Å². The van der Waals surface area contributed by atoms with E-state index in [-0.39, 0.29) is 6.03 Å². The predicted octanol–water partition coefficient (Wildman–Crippen LogP) is 3.56. The molecule has 0 bridgehead atoms. The Bertz CT molecular complexity index is 1080. The van der Waals surface area contributed by atoms with Gasteiger partial charge < -0.3 is 20.3 Å². The van der Waals surface area contributed by atoms with Gasteiger partial charge in [0.1, 0.15) is 0 Å². The number of hydrogen-bond donors (Lipinski definition) is 2. The molecule has 2 aromatic carbocycles. The summed E-state index contributed by atoms with van der Waals surface area (Å²) in [6.07, 6.45) is 0. The monoisotopic (exact) mass is 468 g/mol. The third-order valence-corrected chi connectivity index (χ3v) is 6.47. The maximum absolute atomic E-state index is 12.8.